The van der Waals surface area contributed by atoms with E-state index in [0.717, 1.165) is 5.56 Å². The first kappa shape index (κ1) is 20.6. The van der Waals surface area contributed by atoms with Crippen molar-refractivity contribution in [2.45, 2.75) is 20.1 Å². The van der Waals surface area contributed by atoms with Crippen LogP contribution in [0.1, 0.15) is 28.5 Å². The van der Waals surface area contributed by atoms with Crippen LogP contribution in [0.15, 0.2) is 42.7 Å². The van der Waals surface area contributed by atoms with Crippen LogP contribution in [-0.4, -0.2) is 39.3 Å². The number of nitrogens with zero attached hydrogens (tertiary/aromatic N) is 3. The van der Waals surface area contributed by atoms with Gasteiger partial charge < -0.3 is 19.9 Å². The molecule has 0 radical (unpaired) electrons. The van der Waals surface area contributed by atoms with Crippen molar-refractivity contribution in [2.75, 3.05) is 19.0 Å². The molecule has 0 bridgehead atoms. The number of aliphatic hydroxyl groups is 1. The number of anilines is 1. The predicted octanol–water partition coefficient (Wildman–Crippen LogP) is 3.21. The van der Waals surface area contributed by atoms with Crippen LogP contribution in [0.25, 0.3) is 5.95 Å². The second kappa shape index (κ2) is 9.40. The summed E-state index contributed by atoms with van der Waals surface area (Å²) in [6.07, 6.45) is 3.14. The van der Waals surface area contributed by atoms with E-state index in [1.165, 1.54) is 6.20 Å². The molecule has 3 aromatic rings. The summed E-state index contributed by atoms with van der Waals surface area (Å²) in [4.78, 5) is 21.0. The number of halogens is 1. The lowest BCUT2D eigenvalue weighted by Crippen LogP contribution is -2.15. The molecule has 8 nitrogen and oxygen atoms in total. The van der Waals surface area contributed by atoms with E-state index in [-0.39, 0.29) is 18.8 Å². The number of hydrogen-bond acceptors (Lipinski definition) is 7. The topological polar surface area (TPSA) is 98.5 Å². The number of nitrogens with one attached hydrogen (secondary N) is 1. The van der Waals surface area contributed by atoms with Gasteiger partial charge in [0.25, 0.3) is 0 Å². The average molecular weight is 417 g/mol. The molecule has 29 heavy (non-hydrogen) atoms. The molecule has 0 saturated heterocycles. The molecule has 9 heteroatoms. The molecular formula is C20H21ClN4O4. The standard InChI is InChI=1S/C20H21ClN4O4/c1-3-29-19(27)15-11-23-20(25-8-4-5-14(25)12-26)24-18(15)22-10-13-6-7-17(28-2)16(21)9-13/h4-9,11,26H,3,10,12H2,1-2H3,(H,22,23,24). The van der Waals surface area contributed by atoms with Crippen molar-refractivity contribution >= 4 is 23.4 Å². The molecule has 0 unspecified atom stereocenters. The van der Waals surface area contributed by atoms with Gasteiger partial charge in [-0.25, -0.2) is 9.78 Å². The predicted molar refractivity (Wildman–Crippen MR) is 109 cm³/mol. The van der Waals surface area contributed by atoms with E-state index < -0.39 is 5.97 Å². The molecule has 0 amide bonds. The van der Waals surface area contributed by atoms with Gasteiger partial charge in [0.1, 0.15) is 17.1 Å². The summed E-state index contributed by atoms with van der Waals surface area (Å²) in [5, 5.41) is 13.1. The van der Waals surface area contributed by atoms with E-state index in [4.69, 9.17) is 21.1 Å². The summed E-state index contributed by atoms with van der Waals surface area (Å²) in [5.74, 6) is 0.695. The number of aromatic nitrogens is 3. The molecular weight excluding hydrogens is 396 g/mol. The number of aliphatic hydroxyl groups excluding tert-OH is 1. The van der Waals surface area contributed by atoms with E-state index in [2.05, 4.69) is 15.3 Å². The largest absolute Gasteiger partial charge is 0.495 e. The summed E-state index contributed by atoms with van der Waals surface area (Å²) in [5.41, 5.74) is 1.72. The quantitative estimate of drug-likeness (QED) is 0.544. The summed E-state index contributed by atoms with van der Waals surface area (Å²) < 4.78 is 11.9. The van der Waals surface area contributed by atoms with Crippen molar-refractivity contribution in [3.8, 4) is 11.7 Å². The van der Waals surface area contributed by atoms with Crippen LogP contribution in [0.4, 0.5) is 5.82 Å². The number of carbonyl (C=O) groups excluding carboxylic acids is 1. The highest BCUT2D eigenvalue weighted by Gasteiger charge is 2.17. The Morgan fingerprint density at radius 1 is 1.34 bits per heavy atom. The highest BCUT2D eigenvalue weighted by atomic mass is 35.5. The molecule has 0 aliphatic rings. The lowest BCUT2D eigenvalue weighted by atomic mass is 10.2. The van der Waals surface area contributed by atoms with Gasteiger partial charge in [-0.05, 0) is 36.8 Å². The number of methoxy groups -OCH3 is 1. The fraction of sp³-hybridized carbons (Fsp3) is 0.250. The lowest BCUT2D eigenvalue weighted by molar-refractivity contribution is 0.0526. The highest BCUT2D eigenvalue weighted by molar-refractivity contribution is 6.32. The van der Waals surface area contributed by atoms with Gasteiger partial charge in [0.05, 0.1) is 31.0 Å². The number of rotatable bonds is 8. The Morgan fingerprint density at radius 3 is 2.86 bits per heavy atom. The zero-order valence-electron chi connectivity index (χ0n) is 16.1. The lowest BCUT2D eigenvalue weighted by Gasteiger charge is -2.13. The molecule has 0 fully saturated rings. The third kappa shape index (κ3) is 4.67. The number of esters is 1. The van der Waals surface area contributed by atoms with Gasteiger partial charge in [-0.15, -0.1) is 0 Å². The van der Waals surface area contributed by atoms with Crippen LogP contribution in [0, 0.1) is 0 Å². The Labute approximate surface area is 173 Å². The van der Waals surface area contributed by atoms with Gasteiger partial charge in [0, 0.05) is 18.9 Å². The van der Waals surface area contributed by atoms with Crippen molar-refractivity contribution in [1.29, 1.82) is 0 Å². The van der Waals surface area contributed by atoms with Gasteiger partial charge in [0.2, 0.25) is 5.95 Å². The summed E-state index contributed by atoms with van der Waals surface area (Å²) in [7, 11) is 1.55. The maximum atomic E-state index is 12.3. The maximum Gasteiger partial charge on any atom is 0.343 e. The van der Waals surface area contributed by atoms with Crippen LogP contribution in [0.2, 0.25) is 5.02 Å². The molecule has 2 aromatic heterocycles. The van der Waals surface area contributed by atoms with Crippen LogP contribution < -0.4 is 10.1 Å². The molecule has 3 rings (SSSR count). The number of benzene rings is 1. The van der Waals surface area contributed by atoms with Crippen LogP contribution >= 0.6 is 11.6 Å². The van der Waals surface area contributed by atoms with E-state index in [1.54, 1.807) is 49.1 Å². The average Bonchev–Trinajstić information content (AvgIpc) is 3.21. The minimum absolute atomic E-state index is 0.164. The Bertz CT molecular complexity index is 1010. The Hall–Kier alpha value is -3.10. The number of carbonyl (C=O) groups is 1. The number of ether oxygens (including phenoxy) is 2. The molecule has 152 valence electrons. The third-order valence-electron chi connectivity index (χ3n) is 4.16. The van der Waals surface area contributed by atoms with Crippen molar-refractivity contribution in [3.63, 3.8) is 0 Å². The van der Waals surface area contributed by atoms with E-state index in [9.17, 15) is 9.90 Å². The summed E-state index contributed by atoms with van der Waals surface area (Å²) in [6, 6.07) is 8.94. The first-order chi connectivity index (χ1) is 14.1. The van der Waals surface area contributed by atoms with Crippen molar-refractivity contribution in [2.24, 2.45) is 0 Å². The summed E-state index contributed by atoms with van der Waals surface area (Å²) >= 11 is 6.18. The molecule has 0 spiro atoms. The zero-order chi connectivity index (χ0) is 20.8. The van der Waals surface area contributed by atoms with Crippen molar-refractivity contribution in [1.82, 2.24) is 14.5 Å². The molecule has 2 N–H and O–H groups in total. The van der Waals surface area contributed by atoms with Gasteiger partial charge in [0.15, 0.2) is 0 Å². The van der Waals surface area contributed by atoms with E-state index in [0.29, 0.717) is 34.8 Å². The third-order valence-corrected chi connectivity index (χ3v) is 4.45. The minimum Gasteiger partial charge on any atom is -0.495 e. The van der Waals surface area contributed by atoms with Crippen LogP contribution in [0.3, 0.4) is 0 Å². The Kier molecular flexibility index (Phi) is 6.69. The second-order valence-electron chi connectivity index (χ2n) is 6.00. The molecule has 0 saturated carbocycles. The first-order valence-corrected chi connectivity index (χ1v) is 9.33. The van der Waals surface area contributed by atoms with Crippen LogP contribution in [0.5, 0.6) is 5.75 Å². The van der Waals surface area contributed by atoms with Crippen molar-refractivity contribution in [3.05, 3.63) is 64.6 Å². The first-order valence-electron chi connectivity index (χ1n) is 8.95. The fourth-order valence-corrected chi connectivity index (χ4v) is 3.01. The molecule has 0 aliphatic carbocycles. The fourth-order valence-electron chi connectivity index (χ4n) is 2.73. The highest BCUT2D eigenvalue weighted by Crippen LogP contribution is 2.25. The van der Waals surface area contributed by atoms with E-state index >= 15 is 0 Å². The Morgan fingerprint density at radius 2 is 2.17 bits per heavy atom. The molecule has 1 aromatic carbocycles. The molecule has 0 aliphatic heterocycles. The normalized spacial score (nSPS) is 10.6. The SMILES string of the molecule is CCOC(=O)c1cnc(-n2cccc2CO)nc1NCc1ccc(OC)c(Cl)c1. The van der Waals surface area contributed by atoms with E-state index in [1.807, 2.05) is 6.07 Å². The van der Waals surface area contributed by atoms with Crippen molar-refractivity contribution < 1.29 is 19.4 Å². The number of hydrogen-bond donors (Lipinski definition) is 2. The van der Waals surface area contributed by atoms with Gasteiger partial charge in [-0.2, -0.15) is 4.98 Å². The van der Waals surface area contributed by atoms with Gasteiger partial charge in [-0.1, -0.05) is 17.7 Å². The smallest absolute Gasteiger partial charge is 0.343 e. The second-order valence-corrected chi connectivity index (χ2v) is 6.41. The Balaban J connectivity index is 1.92. The van der Waals surface area contributed by atoms with Gasteiger partial charge >= 0.3 is 5.97 Å². The molecule has 2 heterocycles. The van der Waals surface area contributed by atoms with Gasteiger partial charge in [-0.3, -0.25) is 4.57 Å². The maximum absolute atomic E-state index is 12.3. The summed E-state index contributed by atoms with van der Waals surface area (Å²) in [6.45, 7) is 2.17. The zero-order valence-corrected chi connectivity index (χ0v) is 16.8. The molecule has 0 atom stereocenters. The minimum atomic E-state index is -0.524. The monoisotopic (exact) mass is 416 g/mol. The van der Waals surface area contributed by atoms with Crippen LogP contribution in [-0.2, 0) is 17.9 Å².